The van der Waals surface area contributed by atoms with Crippen LogP contribution in [0.25, 0.3) is 0 Å². The molecule has 236 valence electrons. The van der Waals surface area contributed by atoms with Gasteiger partial charge in [-0.25, -0.2) is 4.79 Å². The first-order valence-corrected chi connectivity index (χ1v) is 15.1. The lowest BCUT2D eigenvalue weighted by Gasteiger charge is -2.28. The van der Waals surface area contributed by atoms with Gasteiger partial charge in [-0.3, -0.25) is 0 Å². The standard InChI is InChI=1S/C37H46O7/c1-25(2)9-6-11-27(5)12-8-13-28(15-16-29-21-31(38)17-19-34(29)40)24-43-37(33-22-32(39)18-20-35(33)41)23-30(36(42)44-37)14-7-10-26(3)4/h9-10,12,15,17-23,38-41H,6-8,11,13-14,16,24H2,1-5H3/b27-12+,28-15-/t37-/m1/s1. The summed E-state index contributed by atoms with van der Waals surface area (Å²) in [6.45, 7) is 10.3. The highest BCUT2D eigenvalue weighted by Gasteiger charge is 2.45. The van der Waals surface area contributed by atoms with Crippen LogP contribution >= 0.6 is 0 Å². The average Bonchev–Trinajstić information content (AvgIpc) is 3.28. The summed E-state index contributed by atoms with van der Waals surface area (Å²) < 4.78 is 12.2. The Balaban J connectivity index is 1.91. The first-order chi connectivity index (χ1) is 20.9. The molecule has 0 saturated heterocycles. The number of phenols is 4. The Kier molecular flexibility index (Phi) is 12.5. The number of rotatable bonds is 15. The van der Waals surface area contributed by atoms with Crippen molar-refractivity contribution in [2.45, 2.75) is 85.4 Å². The summed E-state index contributed by atoms with van der Waals surface area (Å²) in [4.78, 5) is 13.0. The van der Waals surface area contributed by atoms with E-state index >= 15 is 0 Å². The van der Waals surface area contributed by atoms with Crippen molar-refractivity contribution >= 4 is 5.97 Å². The van der Waals surface area contributed by atoms with Gasteiger partial charge in [0, 0.05) is 17.2 Å². The molecule has 7 heteroatoms. The molecule has 1 aliphatic heterocycles. The number of ether oxygens (including phenoxy) is 2. The van der Waals surface area contributed by atoms with Crippen molar-refractivity contribution in [1.29, 1.82) is 0 Å². The highest BCUT2D eigenvalue weighted by molar-refractivity contribution is 5.91. The molecule has 1 aliphatic rings. The van der Waals surface area contributed by atoms with Gasteiger partial charge in [-0.15, -0.1) is 0 Å². The van der Waals surface area contributed by atoms with Gasteiger partial charge in [0.05, 0.1) is 12.2 Å². The third-order valence-corrected chi connectivity index (χ3v) is 7.39. The minimum atomic E-state index is -1.73. The van der Waals surface area contributed by atoms with E-state index in [0.717, 1.165) is 30.4 Å². The number of cyclic esters (lactones) is 1. The molecule has 7 nitrogen and oxygen atoms in total. The number of carbonyl (C=O) groups excluding carboxylic acids is 1. The molecule has 0 amide bonds. The number of aromatic hydroxyl groups is 4. The van der Waals surface area contributed by atoms with E-state index in [1.54, 1.807) is 6.08 Å². The molecule has 1 atom stereocenters. The molecule has 0 aliphatic carbocycles. The Morgan fingerprint density at radius 1 is 0.795 bits per heavy atom. The van der Waals surface area contributed by atoms with Crippen LogP contribution < -0.4 is 0 Å². The molecular formula is C37H46O7. The maximum absolute atomic E-state index is 13.0. The summed E-state index contributed by atoms with van der Waals surface area (Å²) in [6.07, 6.45) is 14.7. The molecule has 44 heavy (non-hydrogen) atoms. The van der Waals surface area contributed by atoms with Crippen molar-refractivity contribution in [2.75, 3.05) is 6.61 Å². The Bertz CT molecular complexity index is 1470. The van der Waals surface area contributed by atoms with E-state index < -0.39 is 11.8 Å². The highest BCUT2D eigenvalue weighted by atomic mass is 16.7. The smallest absolute Gasteiger partial charge is 0.336 e. The average molecular weight is 603 g/mol. The van der Waals surface area contributed by atoms with E-state index in [2.05, 4.69) is 32.9 Å². The van der Waals surface area contributed by atoms with Gasteiger partial charge < -0.3 is 29.9 Å². The van der Waals surface area contributed by atoms with Crippen LogP contribution in [0.5, 0.6) is 23.0 Å². The van der Waals surface area contributed by atoms with E-state index in [-0.39, 0.29) is 35.2 Å². The van der Waals surface area contributed by atoms with E-state index in [0.29, 0.717) is 36.8 Å². The van der Waals surface area contributed by atoms with Gasteiger partial charge in [-0.2, -0.15) is 0 Å². The van der Waals surface area contributed by atoms with E-state index in [1.807, 2.05) is 26.0 Å². The normalized spacial score (nSPS) is 16.8. The molecule has 0 aromatic heterocycles. The minimum Gasteiger partial charge on any atom is -0.508 e. The predicted octanol–water partition coefficient (Wildman–Crippen LogP) is 8.55. The van der Waals surface area contributed by atoms with Crippen LogP contribution in [0.1, 0.15) is 84.3 Å². The SMILES string of the molecule is CC(C)=CCCC1=C[C@](OC/C(=C\Cc2cc(O)ccc2O)CC/C=C(\C)CCC=C(C)C)(c2cc(O)ccc2O)OC1=O. The topological polar surface area (TPSA) is 116 Å². The monoisotopic (exact) mass is 602 g/mol. The van der Waals surface area contributed by atoms with Crippen molar-refractivity contribution < 1.29 is 34.7 Å². The largest absolute Gasteiger partial charge is 0.508 e. The third kappa shape index (κ3) is 10.2. The van der Waals surface area contributed by atoms with Crippen LogP contribution in [0.4, 0.5) is 0 Å². The van der Waals surface area contributed by atoms with Crippen LogP contribution in [0.3, 0.4) is 0 Å². The first-order valence-electron chi connectivity index (χ1n) is 15.1. The molecule has 0 saturated carbocycles. The number of benzene rings is 2. The van der Waals surface area contributed by atoms with Gasteiger partial charge in [0.1, 0.15) is 23.0 Å². The Labute approximate surface area is 261 Å². The fourth-order valence-electron chi connectivity index (χ4n) is 4.91. The number of carbonyl (C=O) groups is 1. The van der Waals surface area contributed by atoms with Gasteiger partial charge in [0.15, 0.2) is 0 Å². The van der Waals surface area contributed by atoms with Crippen molar-refractivity contribution in [3.8, 4) is 23.0 Å². The van der Waals surface area contributed by atoms with E-state index in [1.165, 1.54) is 47.5 Å². The van der Waals surface area contributed by atoms with Gasteiger partial charge in [0.25, 0.3) is 5.79 Å². The minimum absolute atomic E-state index is 0.0460. The molecule has 4 N–H and O–H groups in total. The molecule has 0 spiro atoms. The molecule has 0 unspecified atom stereocenters. The second kappa shape index (κ2) is 16.0. The lowest BCUT2D eigenvalue weighted by atomic mass is 10.0. The van der Waals surface area contributed by atoms with Crippen molar-refractivity contribution in [3.05, 3.63) is 106 Å². The molecule has 1 heterocycles. The predicted molar refractivity (Wildman–Crippen MR) is 173 cm³/mol. The van der Waals surface area contributed by atoms with Crippen LogP contribution in [-0.4, -0.2) is 33.0 Å². The number of allylic oxidation sites excluding steroid dienone is 7. The van der Waals surface area contributed by atoms with E-state index in [9.17, 15) is 25.2 Å². The van der Waals surface area contributed by atoms with Crippen LogP contribution in [0.15, 0.2) is 94.6 Å². The van der Waals surface area contributed by atoms with E-state index in [4.69, 9.17) is 9.47 Å². The van der Waals surface area contributed by atoms with Crippen molar-refractivity contribution in [2.24, 2.45) is 0 Å². The molecule has 2 aromatic carbocycles. The van der Waals surface area contributed by atoms with Gasteiger partial charge >= 0.3 is 5.97 Å². The van der Waals surface area contributed by atoms with Crippen molar-refractivity contribution in [1.82, 2.24) is 0 Å². The van der Waals surface area contributed by atoms with Crippen LogP contribution in [0.2, 0.25) is 0 Å². The van der Waals surface area contributed by atoms with Gasteiger partial charge in [-0.05, 0) is 122 Å². The second-order valence-corrected chi connectivity index (χ2v) is 11.8. The summed E-state index contributed by atoms with van der Waals surface area (Å²) >= 11 is 0. The second-order valence-electron chi connectivity index (χ2n) is 11.8. The number of hydrogen-bond donors (Lipinski definition) is 4. The lowest BCUT2D eigenvalue weighted by molar-refractivity contribution is -0.201. The third-order valence-electron chi connectivity index (χ3n) is 7.39. The number of hydrogen-bond acceptors (Lipinski definition) is 7. The molecule has 0 radical (unpaired) electrons. The van der Waals surface area contributed by atoms with Crippen LogP contribution in [0, 0.1) is 0 Å². The van der Waals surface area contributed by atoms with Gasteiger partial charge in [0.2, 0.25) is 0 Å². The Hall–Kier alpha value is -4.23. The zero-order valence-electron chi connectivity index (χ0n) is 26.5. The number of esters is 1. The summed E-state index contributed by atoms with van der Waals surface area (Å²) in [7, 11) is 0. The Morgan fingerprint density at radius 3 is 2.14 bits per heavy atom. The van der Waals surface area contributed by atoms with Crippen molar-refractivity contribution in [3.63, 3.8) is 0 Å². The maximum atomic E-state index is 13.0. The Morgan fingerprint density at radius 2 is 1.43 bits per heavy atom. The summed E-state index contributed by atoms with van der Waals surface area (Å²) in [5, 5.41) is 41.3. The lowest BCUT2D eigenvalue weighted by Crippen LogP contribution is -2.30. The fraction of sp³-hybridized carbons (Fsp3) is 0.378. The van der Waals surface area contributed by atoms with Gasteiger partial charge in [-0.1, -0.05) is 41.0 Å². The quantitative estimate of drug-likeness (QED) is 0.0917. The molecule has 3 rings (SSSR count). The maximum Gasteiger partial charge on any atom is 0.336 e. The summed E-state index contributed by atoms with van der Waals surface area (Å²) in [6, 6.07) is 8.42. The fourth-order valence-corrected chi connectivity index (χ4v) is 4.91. The first kappa shape index (κ1) is 34.3. The summed E-state index contributed by atoms with van der Waals surface area (Å²) in [5.41, 5.74) is 5.71. The summed E-state index contributed by atoms with van der Waals surface area (Å²) in [5.74, 6) is -2.43. The molecule has 2 aromatic rings. The number of phenolic OH excluding ortho intramolecular Hbond substituents is 4. The van der Waals surface area contributed by atoms with Crippen LogP contribution in [-0.2, 0) is 26.5 Å². The molecular weight excluding hydrogens is 556 g/mol. The molecule has 0 bridgehead atoms. The highest BCUT2D eigenvalue weighted by Crippen LogP contribution is 2.43. The molecule has 0 fully saturated rings. The zero-order chi connectivity index (χ0) is 32.3. The zero-order valence-corrected chi connectivity index (χ0v) is 26.5.